The minimum absolute atomic E-state index is 0.0632. The van der Waals surface area contributed by atoms with E-state index in [0.29, 0.717) is 39.6 Å². The third-order valence-corrected chi connectivity index (χ3v) is 7.97. The number of aryl methyl sites for hydroxylation is 1. The molecule has 0 spiro atoms. The Hall–Kier alpha value is -4.34. The van der Waals surface area contributed by atoms with Gasteiger partial charge in [-0.3, -0.25) is 10.1 Å². The van der Waals surface area contributed by atoms with Crippen molar-refractivity contribution in [2.45, 2.75) is 42.9 Å². The van der Waals surface area contributed by atoms with Gasteiger partial charge in [0.05, 0.1) is 28.3 Å². The smallest absolute Gasteiger partial charge is 0.339 e. The van der Waals surface area contributed by atoms with Crippen molar-refractivity contribution in [3.05, 3.63) is 106 Å². The number of hydrogen-bond acceptors (Lipinski definition) is 12. The van der Waals surface area contributed by atoms with Crippen LogP contribution in [0.1, 0.15) is 31.9 Å². The third kappa shape index (κ3) is 8.37. The summed E-state index contributed by atoms with van der Waals surface area (Å²) in [5.41, 5.74) is 3.22. The lowest BCUT2D eigenvalue weighted by molar-refractivity contribution is -0.432. The molecular weight excluding hydrogens is 596 g/mol. The zero-order valence-electron chi connectivity index (χ0n) is 23.5. The Labute approximate surface area is 252 Å². The highest BCUT2D eigenvalue weighted by molar-refractivity contribution is 7.94. The first-order valence-corrected chi connectivity index (χ1v) is 14.9. The predicted octanol–water partition coefficient (Wildman–Crippen LogP) is 8.56. The van der Waals surface area contributed by atoms with Gasteiger partial charge in [0.2, 0.25) is 0 Å². The van der Waals surface area contributed by atoms with Crippen molar-refractivity contribution in [2.24, 2.45) is 10.2 Å². The lowest BCUT2D eigenvalue weighted by Gasteiger charge is -2.19. The average Bonchev–Trinajstić information content (AvgIpc) is 2.96. The Morgan fingerprint density at radius 1 is 0.930 bits per heavy atom. The molecule has 0 fully saturated rings. The Kier molecular flexibility index (Phi) is 9.78. The summed E-state index contributed by atoms with van der Waals surface area (Å²) < 4.78 is 35.3. The maximum Gasteiger partial charge on any atom is 0.339 e. The van der Waals surface area contributed by atoms with E-state index in [0.717, 1.165) is 5.56 Å². The van der Waals surface area contributed by atoms with Gasteiger partial charge < -0.3 is 9.50 Å². The van der Waals surface area contributed by atoms with Crippen LogP contribution in [0.5, 0.6) is 5.75 Å². The highest BCUT2D eigenvalue weighted by atomic mass is 32.2. The van der Waals surface area contributed by atoms with Gasteiger partial charge in [0, 0.05) is 16.6 Å². The van der Waals surface area contributed by atoms with E-state index in [4.69, 9.17) is 9.44 Å². The Morgan fingerprint density at radius 3 is 2.23 bits per heavy atom. The van der Waals surface area contributed by atoms with Crippen molar-refractivity contribution in [1.29, 1.82) is 0 Å². The lowest BCUT2D eigenvalue weighted by atomic mass is 9.87. The normalized spacial score (nSPS) is 11.9. The first kappa shape index (κ1) is 31.6. The zero-order valence-corrected chi connectivity index (χ0v) is 25.2. The molecule has 0 aromatic heterocycles. The number of rotatable bonds is 11. The summed E-state index contributed by atoms with van der Waals surface area (Å²) in [5.74, 6) is 0.154. The number of benzene rings is 4. The first-order valence-electron chi connectivity index (χ1n) is 12.7. The fourth-order valence-electron chi connectivity index (χ4n) is 3.84. The molecule has 0 radical (unpaired) electrons. The van der Waals surface area contributed by atoms with E-state index in [2.05, 4.69) is 24.9 Å². The van der Waals surface area contributed by atoms with E-state index in [1.165, 1.54) is 30.3 Å². The topological polar surface area (TPSA) is 162 Å². The van der Waals surface area contributed by atoms with Crippen LogP contribution < -0.4 is 9.50 Å². The number of nitrogens with zero attached hydrogens (tertiary/aromatic N) is 3. The van der Waals surface area contributed by atoms with Crippen LogP contribution in [0.2, 0.25) is 0 Å². The Bertz CT molecular complexity index is 1740. The molecule has 2 N–H and O–H groups in total. The SMILES string of the molecule is Cc1cc(OS(=O)(=O)c2ccc(C(C)(C)C)cc2)ccc1/N=N/c1ccc(Nc2ccc(SOOO)cc2[N+](=O)[O-])cc1. The van der Waals surface area contributed by atoms with Gasteiger partial charge in [0.15, 0.2) is 0 Å². The summed E-state index contributed by atoms with van der Waals surface area (Å²) in [6.07, 6.45) is 0. The molecule has 12 nitrogen and oxygen atoms in total. The van der Waals surface area contributed by atoms with E-state index < -0.39 is 15.0 Å². The largest absolute Gasteiger partial charge is 0.379 e. The fourth-order valence-corrected chi connectivity index (χ4v) is 5.16. The maximum atomic E-state index is 12.8. The van der Waals surface area contributed by atoms with Crippen LogP contribution in [0.3, 0.4) is 0 Å². The molecule has 0 bridgehead atoms. The van der Waals surface area contributed by atoms with Crippen LogP contribution in [0.4, 0.5) is 28.4 Å². The van der Waals surface area contributed by atoms with Crippen molar-refractivity contribution in [1.82, 2.24) is 0 Å². The van der Waals surface area contributed by atoms with Gasteiger partial charge in [0.1, 0.15) is 16.3 Å². The van der Waals surface area contributed by atoms with Crippen LogP contribution in [0.25, 0.3) is 0 Å². The summed E-state index contributed by atoms with van der Waals surface area (Å²) in [6.45, 7) is 7.91. The number of anilines is 2. The van der Waals surface area contributed by atoms with Gasteiger partial charge in [0.25, 0.3) is 5.69 Å². The van der Waals surface area contributed by atoms with Crippen LogP contribution >= 0.6 is 12.0 Å². The van der Waals surface area contributed by atoms with Crippen LogP contribution in [-0.4, -0.2) is 18.6 Å². The van der Waals surface area contributed by atoms with Gasteiger partial charge in [-0.2, -0.15) is 18.6 Å². The van der Waals surface area contributed by atoms with Crippen LogP contribution in [0.15, 0.2) is 105 Å². The van der Waals surface area contributed by atoms with Crippen molar-refractivity contribution in [2.75, 3.05) is 5.32 Å². The molecule has 0 heterocycles. The highest BCUT2D eigenvalue weighted by Gasteiger charge is 2.20. The number of nitrogens with one attached hydrogen (secondary N) is 1. The molecule has 0 aliphatic carbocycles. The summed E-state index contributed by atoms with van der Waals surface area (Å²) in [5, 5.41) is 34.8. The molecule has 4 rings (SSSR count). The molecule has 0 aliphatic heterocycles. The van der Waals surface area contributed by atoms with Crippen molar-refractivity contribution < 1.29 is 32.2 Å². The molecule has 14 heteroatoms. The van der Waals surface area contributed by atoms with E-state index in [9.17, 15) is 18.5 Å². The highest BCUT2D eigenvalue weighted by Crippen LogP contribution is 2.34. The number of nitro groups is 1. The molecule has 224 valence electrons. The lowest BCUT2D eigenvalue weighted by Crippen LogP contribution is -2.13. The van der Waals surface area contributed by atoms with Gasteiger partial charge >= 0.3 is 10.1 Å². The summed E-state index contributed by atoms with van der Waals surface area (Å²) in [6, 6.07) is 22.4. The van der Waals surface area contributed by atoms with Gasteiger partial charge in [-0.05, 0) is 90.2 Å². The minimum atomic E-state index is -4.02. The molecule has 0 saturated carbocycles. The molecule has 0 atom stereocenters. The molecule has 0 unspecified atom stereocenters. The fraction of sp³-hybridized carbons (Fsp3) is 0.172. The molecule has 0 aliphatic rings. The van der Waals surface area contributed by atoms with Gasteiger partial charge in [-0.1, -0.05) is 37.9 Å². The molecule has 0 saturated heterocycles. The second-order valence-corrected chi connectivity index (χ2v) is 12.6. The zero-order chi connectivity index (χ0) is 31.2. The average molecular weight is 625 g/mol. The Morgan fingerprint density at radius 2 is 1.63 bits per heavy atom. The standard InChI is InChI=1S/C29H28N4O8S2/c1-19-17-23(39-43(37,38)25-13-5-20(6-14-25)29(2,3)4)11-15-26(19)32-31-22-9-7-21(8-10-22)30-27-16-12-24(42-41-40-36)18-28(27)33(34)35/h5-18,30,36H,1-4H3/b32-31+. The van der Waals surface area contributed by atoms with Gasteiger partial charge in [-0.15, -0.1) is 4.33 Å². The van der Waals surface area contributed by atoms with Crippen molar-refractivity contribution in [3.63, 3.8) is 0 Å². The van der Waals surface area contributed by atoms with Gasteiger partial charge in [-0.25, -0.2) is 5.26 Å². The second-order valence-electron chi connectivity index (χ2n) is 10.3. The van der Waals surface area contributed by atoms with Crippen molar-refractivity contribution in [3.8, 4) is 5.75 Å². The van der Waals surface area contributed by atoms with Crippen LogP contribution in [-0.2, 0) is 24.9 Å². The third-order valence-electron chi connectivity index (χ3n) is 6.13. The molecule has 4 aromatic carbocycles. The van der Waals surface area contributed by atoms with E-state index >= 15 is 0 Å². The molecular formula is C29H28N4O8S2. The second kappa shape index (κ2) is 13.3. The quantitative estimate of drug-likeness (QED) is 0.0413. The summed E-state index contributed by atoms with van der Waals surface area (Å²) >= 11 is 0.615. The van der Waals surface area contributed by atoms with E-state index in [1.54, 1.807) is 61.5 Å². The number of azo groups is 1. The van der Waals surface area contributed by atoms with Crippen LogP contribution in [0, 0.1) is 17.0 Å². The predicted molar refractivity (Wildman–Crippen MR) is 162 cm³/mol. The number of nitro benzene ring substituents is 1. The Balaban J connectivity index is 1.42. The molecule has 4 aromatic rings. The van der Waals surface area contributed by atoms with Crippen molar-refractivity contribution >= 4 is 50.6 Å². The summed E-state index contributed by atoms with van der Waals surface area (Å²) in [4.78, 5) is 11.4. The monoisotopic (exact) mass is 624 g/mol. The molecule has 43 heavy (non-hydrogen) atoms. The van der Waals surface area contributed by atoms with E-state index in [1.807, 2.05) is 20.8 Å². The summed E-state index contributed by atoms with van der Waals surface area (Å²) in [7, 11) is -4.02. The first-order chi connectivity index (χ1) is 20.4. The minimum Gasteiger partial charge on any atom is -0.379 e. The van der Waals surface area contributed by atoms with E-state index in [-0.39, 0.29) is 27.4 Å². The molecule has 0 amide bonds. The maximum absolute atomic E-state index is 12.8. The number of hydrogen-bond donors (Lipinski definition) is 2.